The van der Waals surface area contributed by atoms with Crippen molar-refractivity contribution in [1.82, 2.24) is 5.32 Å². The van der Waals surface area contributed by atoms with Crippen LogP contribution in [0.4, 0.5) is 32.4 Å². The second-order valence-corrected chi connectivity index (χ2v) is 12.1. The summed E-state index contributed by atoms with van der Waals surface area (Å²) in [5, 5.41) is 25.1. The Bertz CT molecular complexity index is 1350. The molecular weight excluding hydrogens is 563 g/mol. The number of carboxylic acids is 1. The number of urea groups is 1. The van der Waals surface area contributed by atoms with Crippen LogP contribution in [-0.2, 0) is 9.59 Å². The van der Waals surface area contributed by atoms with Crippen molar-refractivity contribution >= 4 is 23.5 Å². The SMILES string of the molecule is C[C@]12C[C@H](c3ccc(NC(=O)NCCC(=O)O)cc3)C3=C4CCC(=O)C=C4CCC3C1CC[C@@]2(O)C(F)(F)C(F)(F)F. The number of halogens is 5. The fourth-order valence-corrected chi connectivity index (χ4v) is 7.97. The van der Waals surface area contributed by atoms with Gasteiger partial charge in [-0.3, -0.25) is 9.59 Å². The Morgan fingerprint density at radius 1 is 1.05 bits per heavy atom. The van der Waals surface area contributed by atoms with Crippen LogP contribution in [0, 0.1) is 17.3 Å². The Morgan fingerprint density at radius 2 is 1.74 bits per heavy atom. The molecule has 0 aliphatic heterocycles. The first-order chi connectivity index (χ1) is 19.6. The van der Waals surface area contributed by atoms with Crippen LogP contribution in [0.1, 0.15) is 69.8 Å². The highest BCUT2D eigenvalue weighted by Crippen LogP contribution is 2.70. The van der Waals surface area contributed by atoms with Crippen LogP contribution in [0.15, 0.2) is 47.1 Å². The lowest BCUT2D eigenvalue weighted by atomic mass is 9.50. The second kappa shape index (κ2) is 10.5. The summed E-state index contributed by atoms with van der Waals surface area (Å²) in [6, 6.07) is 5.88. The number of hydrogen-bond donors (Lipinski definition) is 4. The minimum absolute atomic E-state index is 0.00196. The Hall–Kier alpha value is -3.28. The van der Waals surface area contributed by atoms with Gasteiger partial charge in [-0.2, -0.15) is 22.0 Å². The van der Waals surface area contributed by atoms with Gasteiger partial charge < -0.3 is 20.8 Å². The predicted molar refractivity (Wildman–Crippen MR) is 142 cm³/mol. The van der Waals surface area contributed by atoms with Crippen molar-refractivity contribution in [3.8, 4) is 0 Å². The molecule has 2 saturated carbocycles. The fourth-order valence-electron chi connectivity index (χ4n) is 7.97. The smallest absolute Gasteiger partial charge is 0.456 e. The quantitative estimate of drug-likeness (QED) is 0.296. The van der Waals surface area contributed by atoms with Crippen LogP contribution in [-0.4, -0.2) is 52.2 Å². The molecule has 42 heavy (non-hydrogen) atoms. The lowest BCUT2D eigenvalue weighted by molar-refractivity contribution is -0.362. The van der Waals surface area contributed by atoms with Crippen LogP contribution in [0.3, 0.4) is 0 Å². The third kappa shape index (κ3) is 4.81. The zero-order chi connectivity index (χ0) is 30.7. The third-order valence-electron chi connectivity index (χ3n) is 9.96. The molecule has 1 aromatic carbocycles. The van der Waals surface area contributed by atoms with Gasteiger partial charge in [-0.05, 0) is 85.3 Å². The summed E-state index contributed by atoms with van der Waals surface area (Å²) in [4.78, 5) is 35.0. The molecule has 5 rings (SSSR count). The third-order valence-corrected chi connectivity index (χ3v) is 9.96. The highest BCUT2D eigenvalue weighted by Gasteiger charge is 2.79. The lowest BCUT2D eigenvalue weighted by Crippen LogP contribution is -2.65. The van der Waals surface area contributed by atoms with E-state index in [4.69, 9.17) is 5.11 Å². The molecule has 0 radical (unpaired) electrons. The van der Waals surface area contributed by atoms with Crippen molar-refractivity contribution in [1.29, 1.82) is 0 Å². The highest BCUT2D eigenvalue weighted by molar-refractivity contribution is 5.93. The molecule has 2 unspecified atom stereocenters. The van der Waals surface area contributed by atoms with Crippen molar-refractivity contribution in [2.75, 3.05) is 11.9 Å². The lowest BCUT2D eigenvalue weighted by Gasteiger charge is -2.56. The number of alkyl halides is 5. The van der Waals surface area contributed by atoms with Crippen LogP contribution in [0.25, 0.3) is 0 Å². The number of carbonyl (C=O) groups is 3. The molecule has 2 fully saturated rings. The molecule has 0 aromatic heterocycles. The molecule has 0 spiro atoms. The predicted octanol–water partition coefficient (Wildman–Crippen LogP) is 6.11. The number of benzene rings is 1. The van der Waals surface area contributed by atoms with E-state index in [1.807, 2.05) is 0 Å². The Balaban J connectivity index is 1.53. The summed E-state index contributed by atoms with van der Waals surface area (Å²) in [5.74, 6) is -7.88. The summed E-state index contributed by atoms with van der Waals surface area (Å²) in [7, 11) is 0. The van der Waals surface area contributed by atoms with Crippen LogP contribution >= 0.6 is 0 Å². The number of carboxylic acid groups (broad SMARTS) is 1. The van der Waals surface area contributed by atoms with E-state index in [-0.39, 0.29) is 37.5 Å². The maximum atomic E-state index is 15.1. The van der Waals surface area contributed by atoms with Crippen LogP contribution in [0.5, 0.6) is 0 Å². The number of ketones is 1. The summed E-state index contributed by atoms with van der Waals surface area (Å²) >= 11 is 0. The van der Waals surface area contributed by atoms with Crippen LogP contribution in [0.2, 0.25) is 0 Å². The number of hydrogen-bond acceptors (Lipinski definition) is 4. The van der Waals surface area contributed by atoms with E-state index < -0.39 is 53.4 Å². The normalized spacial score (nSPS) is 31.1. The average molecular weight is 597 g/mol. The molecule has 2 amide bonds. The first-order valence-electron chi connectivity index (χ1n) is 14.1. The molecule has 12 heteroatoms. The summed E-state index contributed by atoms with van der Waals surface area (Å²) in [5.41, 5.74) is -1.22. The monoisotopic (exact) mass is 596 g/mol. The molecule has 0 bridgehead atoms. The van der Waals surface area contributed by atoms with E-state index in [0.29, 0.717) is 36.9 Å². The van der Waals surface area contributed by atoms with E-state index in [1.165, 1.54) is 6.92 Å². The molecule has 1 aromatic rings. The number of aliphatic carboxylic acids is 1. The summed E-state index contributed by atoms with van der Waals surface area (Å²) in [6.07, 6.45) is -3.58. The molecular formula is C30H33F5N2O5. The van der Waals surface area contributed by atoms with E-state index >= 15 is 8.78 Å². The molecule has 7 nitrogen and oxygen atoms in total. The minimum Gasteiger partial charge on any atom is -0.481 e. The second-order valence-electron chi connectivity index (χ2n) is 12.1. The Morgan fingerprint density at radius 3 is 2.38 bits per heavy atom. The number of aliphatic hydroxyl groups is 1. The molecule has 4 N–H and O–H groups in total. The van der Waals surface area contributed by atoms with Crippen molar-refractivity contribution in [2.24, 2.45) is 17.3 Å². The number of amides is 2. The van der Waals surface area contributed by atoms with Gasteiger partial charge in [0.1, 0.15) is 5.60 Å². The Labute approximate surface area is 239 Å². The van der Waals surface area contributed by atoms with Crippen molar-refractivity contribution < 1.29 is 46.5 Å². The zero-order valence-electron chi connectivity index (χ0n) is 23.0. The number of rotatable bonds is 6. The minimum atomic E-state index is -5.92. The van der Waals surface area contributed by atoms with Gasteiger partial charge in [0.05, 0.1) is 6.42 Å². The summed E-state index contributed by atoms with van der Waals surface area (Å²) < 4.78 is 71.3. The number of nitrogens with one attached hydrogen (secondary N) is 2. The largest absolute Gasteiger partial charge is 0.481 e. The van der Waals surface area contributed by atoms with Crippen molar-refractivity contribution in [3.05, 3.63) is 52.6 Å². The van der Waals surface area contributed by atoms with E-state index in [0.717, 1.165) is 16.7 Å². The topological polar surface area (TPSA) is 116 Å². The number of anilines is 1. The van der Waals surface area contributed by atoms with Gasteiger partial charge in [0.2, 0.25) is 0 Å². The zero-order valence-corrected chi connectivity index (χ0v) is 23.0. The molecule has 5 atom stereocenters. The van der Waals surface area contributed by atoms with Crippen molar-refractivity contribution in [2.45, 2.75) is 81.9 Å². The molecule has 228 valence electrons. The number of carbonyl (C=O) groups excluding carboxylic acids is 2. The van der Waals surface area contributed by atoms with E-state index in [9.17, 15) is 32.7 Å². The highest BCUT2D eigenvalue weighted by atomic mass is 19.4. The Kier molecular flexibility index (Phi) is 7.52. The first-order valence-corrected chi connectivity index (χ1v) is 14.1. The summed E-state index contributed by atoms with van der Waals surface area (Å²) in [6.45, 7) is 1.29. The van der Waals surface area contributed by atoms with E-state index in [2.05, 4.69) is 10.6 Å². The van der Waals surface area contributed by atoms with Crippen molar-refractivity contribution in [3.63, 3.8) is 0 Å². The molecule has 4 aliphatic rings. The maximum Gasteiger partial charge on any atom is 0.456 e. The van der Waals surface area contributed by atoms with Gasteiger partial charge in [0, 0.05) is 30.0 Å². The van der Waals surface area contributed by atoms with Gasteiger partial charge in [-0.1, -0.05) is 24.6 Å². The van der Waals surface area contributed by atoms with Gasteiger partial charge in [0.15, 0.2) is 5.78 Å². The first kappa shape index (κ1) is 30.2. The molecule has 0 saturated heterocycles. The maximum absolute atomic E-state index is 15.1. The van der Waals surface area contributed by atoms with E-state index in [1.54, 1.807) is 30.3 Å². The number of fused-ring (bicyclic) bond motifs is 4. The molecule has 4 aliphatic carbocycles. The fraction of sp³-hybridized carbons (Fsp3) is 0.567. The van der Waals surface area contributed by atoms with Gasteiger partial charge in [-0.25, -0.2) is 4.79 Å². The van der Waals surface area contributed by atoms with Gasteiger partial charge in [-0.15, -0.1) is 0 Å². The van der Waals surface area contributed by atoms with Gasteiger partial charge >= 0.3 is 24.1 Å². The van der Waals surface area contributed by atoms with Crippen LogP contribution < -0.4 is 10.6 Å². The number of allylic oxidation sites excluding steroid dienone is 4. The van der Waals surface area contributed by atoms with Gasteiger partial charge in [0.25, 0.3) is 0 Å². The standard InChI is InChI=1S/C30H33F5N2O5/c1-27-15-22(16-2-5-18(6-3-16)37-26(41)36-13-11-24(39)40)25-20-9-7-19(38)14-17(20)4-8-21(25)23(27)10-12-28(27,42)29(31,32)30(33,34)35/h2-3,5-6,14,21-23,42H,4,7-13,15H2,1H3,(H,39,40)(H2,36,37,41)/t21?,22-,23?,27+,28+/m1/s1. The average Bonchev–Trinajstić information content (AvgIpc) is 3.19. The molecule has 0 heterocycles.